The maximum Gasteiger partial charge on any atom is 0.573 e. The molecule has 2 saturated carbocycles. The molecule has 1 aromatic carbocycles. The van der Waals surface area contributed by atoms with Crippen LogP contribution < -0.4 is 4.74 Å². The van der Waals surface area contributed by atoms with Crippen LogP contribution >= 0.6 is 0 Å². The van der Waals surface area contributed by atoms with Crippen molar-refractivity contribution in [2.75, 3.05) is 0 Å². The van der Waals surface area contributed by atoms with Crippen LogP contribution in [0.1, 0.15) is 75.7 Å². The zero-order valence-electron chi connectivity index (χ0n) is 19.4. The Bertz CT molecular complexity index is 878. The van der Waals surface area contributed by atoms with Crippen LogP contribution in [0.3, 0.4) is 0 Å². The number of halogens is 4. The number of allylic oxidation sites excluding steroid dienone is 6. The zero-order valence-corrected chi connectivity index (χ0v) is 19.4. The second kappa shape index (κ2) is 12.8. The van der Waals surface area contributed by atoms with Gasteiger partial charge in [-0.3, -0.25) is 0 Å². The fourth-order valence-corrected chi connectivity index (χ4v) is 5.19. The van der Waals surface area contributed by atoms with Crippen LogP contribution in [0, 0.1) is 29.1 Å². The van der Waals surface area contributed by atoms with Gasteiger partial charge >= 0.3 is 6.36 Å². The molecule has 3 rings (SSSR count). The summed E-state index contributed by atoms with van der Waals surface area (Å²) in [4.78, 5) is 0. The Morgan fingerprint density at radius 2 is 1.53 bits per heavy atom. The van der Waals surface area contributed by atoms with Gasteiger partial charge in [-0.2, -0.15) is 9.65 Å². The third kappa shape index (κ3) is 9.00. The Kier molecular flexibility index (Phi) is 9.80. The van der Waals surface area contributed by atoms with Gasteiger partial charge in [0.15, 0.2) is 5.83 Å². The van der Waals surface area contributed by atoms with E-state index in [0.29, 0.717) is 17.8 Å². The highest BCUT2D eigenvalue weighted by Crippen LogP contribution is 2.38. The highest BCUT2D eigenvalue weighted by Gasteiger charge is 2.31. The molecule has 0 radical (unpaired) electrons. The Labute approximate surface area is 200 Å². The van der Waals surface area contributed by atoms with Crippen molar-refractivity contribution >= 4 is 0 Å². The number of hydrogen-bond acceptors (Lipinski definition) is 2. The fourth-order valence-electron chi connectivity index (χ4n) is 5.19. The van der Waals surface area contributed by atoms with Crippen LogP contribution in [0.4, 0.5) is 17.6 Å². The van der Waals surface area contributed by atoms with Crippen molar-refractivity contribution in [1.29, 1.82) is 5.26 Å². The molecule has 0 unspecified atom stereocenters. The maximum absolute atomic E-state index is 12.7. The number of benzene rings is 1. The van der Waals surface area contributed by atoms with Crippen LogP contribution in [0.2, 0.25) is 0 Å². The average Bonchev–Trinajstić information content (AvgIpc) is 2.83. The molecule has 34 heavy (non-hydrogen) atoms. The Hall–Kier alpha value is -2.55. The molecule has 0 atom stereocenters. The smallest absolute Gasteiger partial charge is 0.406 e. The SMILES string of the molecule is N#CC(F)=CC=CCCC1CCC(C=CC2CCC(c3ccc(OC(F)(F)F)cc3)CC2)CC1. The summed E-state index contributed by atoms with van der Waals surface area (Å²) in [7, 11) is 0. The van der Waals surface area contributed by atoms with E-state index in [1.807, 2.05) is 6.08 Å². The van der Waals surface area contributed by atoms with Gasteiger partial charge in [-0.05, 0) is 112 Å². The minimum absolute atomic E-state index is 0.165. The molecular weight excluding hydrogens is 442 g/mol. The topological polar surface area (TPSA) is 33.0 Å². The summed E-state index contributed by atoms with van der Waals surface area (Å²) in [5.74, 6) is 1.45. The first-order valence-electron chi connectivity index (χ1n) is 12.3. The molecule has 2 aliphatic carbocycles. The van der Waals surface area contributed by atoms with Crippen molar-refractivity contribution in [3.63, 3.8) is 0 Å². The molecule has 0 N–H and O–H groups in total. The summed E-state index contributed by atoms with van der Waals surface area (Å²) >= 11 is 0. The molecule has 0 spiro atoms. The average molecular weight is 476 g/mol. The lowest BCUT2D eigenvalue weighted by Gasteiger charge is -2.29. The van der Waals surface area contributed by atoms with Crippen LogP contribution in [0.25, 0.3) is 0 Å². The van der Waals surface area contributed by atoms with E-state index in [-0.39, 0.29) is 5.75 Å². The number of rotatable bonds is 8. The predicted molar refractivity (Wildman–Crippen MR) is 126 cm³/mol. The van der Waals surface area contributed by atoms with Crippen molar-refractivity contribution in [1.82, 2.24) is 0 Å². The van der Waals surface area contributed by atoms with Gasteiger partial charge in [-0.1, -0.05) is 36.4 Å². The molecule has 0 bridgehead atoms. The maximum atomic E-state index is 12.7. The van der Waals surface area contributed by atoms with E-state index in [1.165, 1.54) is 50.0 Å². The van der Waals surface area contributed by atoms with Gasteiger partial charge in [-0.15, -0.1) is 13.2 Å². The lowest BCUT2D eigenvalue weighted by molar-refractivity contribution is -0.274. The molecule has 2 nitrogen and oxygen atoms in total. The Morgan fingerprint density at radius 3 is 2.09 bits per heavy atom. The number of alkyl halides is 3. The zero-order chi connectivity index (χ0) is 24.4. The highest BCUT2D eigenvalue weighted by atomic mass is 19.4. The molecule has 0 heterocycles. The third-order valence-corrected chi connectivity index (χ3v) is 7.13. The Morgan fingerprint density at radius 1 is 0.941 bits per heavy atom. The van der Waals surface area contributed by atoms with Gasteiger partial charge in [-0.25, -0.2) is 0 Å². The van der Waals surface area contributed by atoms with E-state index in [0.717, 1.165) is 50.0 Å². The summed E-state index contributed by atoms with van der Waals surface area (Å²) in [6.07, 6.45) is 16.2. The van der Waals surface area contributed by atoms with Crippen molar-refractivity contribution in [3.05, 3.63) is 66.0 Å². The van der Waals surface area contributed by atoms with Crippen molar-refractivity contribution in [2.24, 2.45) is 17.8 Å². The van der Waals surface area contributed by atoms with E-state index in [9.17, 15) is 17.6 Å². The highest BCUT2D eigenvalue weighted by molar-refractivity contribution is 5.30. The van der Waals surface area contributed by atoms with Crippen molar-refractivity contribution in [2.45, 2.75) is 76.5 Å². The molecule has 2 aliphatic rings. The second-order valence-corrected chi connectivity index (χ2v) is 9.53. The van der Waals surface area contributed by atoms with Gasteiger partial charge in [0.25, 0.3) is 0 Å². The summed E-state index contributed by atoms with van der Waals surface area (Å²) < 4.78 is 53.7. The normalized spacial score (nSPS) is 26.6. The van der Waals surface area contributed by atoms with E-state index in [2.05, 4.69) is 16.9 Å². The lowest BCUT2D eigenvalue weighted by atomic mass is 9.77. The second-order valence-electron chi connectivity index (χ2n) is 9.53. The van der Waals surface area contributed by atoms with Gasteiger partial charge in [0.05, 0.1) is 0 Å². The number of hydrogen-bond donors (Lipinski definition) is 0. The summed E-state index contributed by atoms with van der Waals surface area (Å²) in [5, 5.41) is 8.38. The molecule has 0 amide bonds. The molecule has 1 aromatic rings. The van der Waals surface area contributed by atoms with Gasteiger partial charge < -0.3 is 4.74 Å². The molecule has 184 valence electrons. The van der Waals surface area contributed by atoms with Gasteiger partial charge in [0.2, 0.25) is 0 Å². The first-order valence-corrected chi connectivity index (χ1v) is 12.3. The quantitative estimate of drug-likeness (QED) is 0.163. The van der Waals surface area contributed by atoms with Crippen LogP contribution in [-0.4, -0.2) is 6.36 Å². The number of ether oxygens (including phenoxy) is 1. The predicted octanol–water partition coefficient (Wildman–Crippen LogP) is 8.93. The van der Waals surface area contributed by atoms with Crippen molar-refractivity contribution < 1.29 is 22.3 Å². The largest absolute Gasteiger partial charge is 0.573 e. The van der Waals surface area contributed by atoms with E-state index >= 15 is 0 Å². The van der Waals surface area contributed by atoms with Crippen LogP contribution in [-0.2, 0) is 0 Å². The minimum atomic E-state index is -4.65. The third-order valence-electron chi connectivity index (χ3n) is 7.13. The first kappa shape index (κ1) is 26.1. The monoisotopic (exact) mass is 475 g/mol. The van der Waals surface area contributed by atoms with Crippen molar-refractivity contribution in [3.8, 4) is 11.8 Å². The Balaban J connectivity index is 1.34. The molecule has 6 heteroatoms. The van der Waals surface area contributed by atoms with Gasteiger partial charge in [0, 0.05) is 0 Å². The van der Waals surface area contributed by atoms with Crippen LogP contribution in [0.15, 0.2) is 60.5 Å². The van der Waals surface area contributed by atoms with E-state index in [1.54, 1.807) is 18.2 Å². The fraction of sp³-hybridized carbons (Fsp3) is 0.536. The molecule has 0 aromatic heterocycles. The number of nitriles is 1. The summed E-state index contributed by atoms with van der Waals surface area (Å²) in [6, 6.07) is 7.81. The molecule has 2 fully saturated rings. The molecule has 0 saturated heterocycles. The van der Waals surface area contributed by atoms with E-state index < -0.39 is 12.2 Å². The molecule has 0 aliphatic heterocycles. The standard InChI is InChI=1S/C28H33F4NO/c29-26(20-33)5-3-1-2-4-21-6-8-22(9-7-21)10-11-23-12-14-24(15-13-23)25-16-18-27(19-17-25)34-28(30,31)32/h1,3,5,10-11,16-19,21-24H,2,4,6-9,12-15H2. The lowest BCUT2D eigenvalue weighted by Crippen LogP contribution is -2.17. The summed E-state index contributed by atoms with van der Waals surface area (Å²) in [5.41, 5.74) is 1.09. The minimum Gasteiger partial charge on any atom is -0.406 e. The first-order chi connectivity index (χ1) is 16.3. The number of nitrogens with zero attached hydrogens (tertiary/aromatic N) is 1. The van der Waals surface area contributed by atoms with Crippen LogP contribution in [0.5, 0.6) is 5.75 Å². The molecular formula is C28H33F4NO. The van der Waals surface area contributed by atoms with E-state index in [4.69, 9.17) is 5.26 Å². The van der Waals surface area contributed by atoms with Gasteiger partial charge in [0.1, 0.15) is 11.8 Å². The summed E-state index contributed by atoms with van der Waals surface area (Å²) in [6.45, 7) is 0.